The van der Waals surface area contributed by atoms with Gasteiger partial charge in [0.15, 0.2) is 0 Å². The van der Waals surface area contributed by atoms with Gasteiger partial charge in [-0.3, -0.25) is 0 Å². The zero-order valence-electron chi connectivity index (χ0n) is 14.0. The van der Waals surface area contributed by atoms with Crippen molar-refractivity contribution in [2.75, 3.05) is 6.54 Å². The molecule has 6 heteroatoms. The highest BCUT2D eigenvalue weighted by Crippen LogP contribution is 2.37. The van der Waals surface area contributed by atoms with Crippen LogP contribution in [0.5, 0.6) is 0 Å². The van der Waals surface area contributed by atoms with E-state index in [-0.39, 0.29) is 24.2 Å². The number of rotatable bonds is 4. The van der Waals surface area contributed by atoms with E-state index in [1.165, 1.54) is 0 Å². The molecule has 0 aliphatic carbocycles. The molecule has 23 heavy (non-hydrogen) atoms. The van der Waals surface area contributed by atoms with Crippen LogP contribution in [0.4, 0.5) is 4.79 Å². The van der Waals surface area contributed by atoms with E-state index >= 15 is 0 Å². The summed E-state index contributed by atoms with van der Waals surface area (Å²) in [5.74, 6) is 0. The van der Waals surface area contributed by atoms with Crippen molar-refractivity contribution in [3.05, 3.63) is 34.9 Å². The zero-order chi connectivity index (χ0) is 17.3. The molecule has 1 aliphatic heterocycles. The molecule has 2 amide bonds. The van der Waals surface area contributed by atoms with E-state index < -0.39 is 11.7 Å². The molecule has 1 aromatic rings. The van der Waals surface area contributed by atoms with Gasteiger partial charge < -0.3 is 20.5 Å². The quantitative estimate of drug-likeness (QED) is 0.789. The second-order valence-electron chi connectivity index (χ2n) is 7.14. The van der Waals surface area contributed by atoms with Crippen LogP contribution in [0.25, 0.3) is 0 Å². The molecular weight excluding hydrogens is 316 g/mol. The lowest BCUT2D eigenvalue weighted by Crippen LogP contribution is -2.50. The van der Waals surface area contributed by atoms with Gasteiger partial charge in [0, 0.05) is 11.6 Å². The predicted molar refractivity (Wildman–Crippen MR) is 90.6 cm³/mol. The lowest BCUT2D eigenvalue weighted by Gasteiger charge is -2.27. The van der Waals surface area contributed by atoms with Crippen LogP contribution in [0.1, 0.15) is 45.8 Å². The van der Waals surface area contributed by atoms with Crippen molar-refractivity contribution >= 4 is 17.6 Å². The van der Waals surface area contributed by atoms with Gasteiger partial charge in [0.05, 0.1) is 23.3 Å². The Kier molecular flexibility index (Phi) is 5.23. The van der Waals surface area contributed by atoms with Gasteiger partial charge in [0.25, 0.3) is 0 Å². The number of halogens is 1. The average molecular weight is 341 g/mol. The van der Waals surface area contributed by atoms with Gasteiger partial charge in [-0.25, -0.2) is 4.79 Å². The van der Waals surface area contributed by atoms with Crippen LogP contribution < -0.4 is 10.6 Å². The lowest BCUT2D eigenvalue weighted by atomic mass is 9.95. The predicted octanol–water partition coefficient (Wildman–Crippen LogP) is 3.02. The van der Waals surface area contributed by atoms with Crippen LogP contribution in [-0.2, 0) is 4.74 Å². The van der Waals surface area contributed by atoms with Gasteiger partial charge in [-0.15, -0.1) is 0 Å². The Morgan fingerprint density at radius 2 is 1.96 bits per heavy atom. The summed E-state index contributed by atoms with van der Waals surface area (Å²) >= 11 is 5.82. The number of hydrogen-bond acceptors (Lipinski definition) is 3. The number of aliphatic hydroxyl groups is 1. The fraction of sp³-hybridized carbons (Fsp3) is 0.588. The summed E-state index contributed by atoms with van der Waals surface area (Å²) in [6, 6.07) is 6.51. The van der Waals surface area contributed by atoms with Gasteiger partial charge in [-0.05, 0) is 51.8 Å². The van der Waals surface area contributed by atoms with Crippen molar-refractivity contribution in [3.63, 3.8) is 0 Å². The molecule has 1 aliphatic rings. The first-order valence-corrected chi connectivity index (χ1v) is 8.15. The Bertz CT molecular complexity index is 557. The number of carbonyl (C=O) groups is 1. The minimum absolute atomic E-state index is 0.0785. The number of nitrogens with one attached hydrogen (secondary N) is 2. The maximum absolute atomic E-state index is 12.1. The number of ether oxygens (including phenoxy) is 1. The molecule has 3 N–H and O–H groups in total. The van der Waals surface area contributed by atoms with Gasteiger partial charge in [-0.2, -0.15) is 0 Å². The lowest BCUT2D eigenvalue weighted by molar-refractivity contribution is -0.0690. The molecule has 0 spiro atoms. The average Bonchev–Trinajstić information content (AvgIpc) is 2.64. The zero-order valence-corrected chi connectivity index (χ0v) is 14.8. The van der Waals surface area contributed by atoms with E-state index in [1.54, 1.807) is 24.3 Å². The molecule has 1 aromatic carbocycles. The smallest absolute Gasteiger partial charge is 0.315 e. The van der Waals surface area contributed by atoms with Crippen molar-refractivity contribution in [2.45, 2.75) is 57.5 Å². The van der Waals surface area contributed by atoms with Crippen molar-refractivity contribution in [1.29, 1.82) is 0 Å². The third-order valence-electron chi connectivity index (χ3n) is 4.09. The molecule has 0 saturated carbocycles. The number of benzene rings is 1. The number of carbonyl (C=O) groups excluding carboxylic acids is 1. The molecule has 128 valence electrons. The maximum Gasteiger partial charge on any atom is 0.315 e. The Morgan fingerprint density at radius 1 is 1.35 bits per heavy atom. The molecular formula is C17H25ClN2O3. The van der Waals surface area contributed by atoms with Gasteiger partial charge >= 0.3 is 6.03 Å². The van der Waals surface area contributed by atoms with E-state index in [0.717, 1.165) is 6.42 Å². The number of amides is 2. The monoisotopic (exact) mass is 340 g/mol. The molecule has 2 rings (SSSR count). The summed E-state index contributed by atoms with van der Waals surface area (Å²) in [6.45, 7) is 8.09. The first kappa shape index (κ1) is 18.0. The fourth-order valence-electron chi connectivity index (χ4n) is 2.99. The van der Waals surface area contributed by atoms with E-state index in [0.29, 0.717) is 10.6 Å². The second-order valence-corrected chi connectivity index (χ2v) is 7.58. The molecule has 1 fully saturated rings. The van der Waals surface area contributed by atoms with Crippen molar-refractivity contribution < 1.29 is 14.6 Å². The minimum atomic E-state index is -0.776. The van der Waals surface area contributed by atoms with E-state index in [2.05, 4.69) is 10.6 Å². The third-order valence-corrected chi connectivity index (χ3v) is 4.34. The Morgan fingerprint density at radius 3 is 2.48 bits per heavy atom. The molecule has 1 saturated heterocycles. The van der Waals surface area contributed by atoms with Crippen molar-refractivity contribution in [2.24, 2.45) is 0 Å². The normalized spacial score (nSPS) is 23.3. The second kappa shape index (κ2) is 6.67. The number of hydrogen-bond donors (Lipinski definition) is 3. The molecule has 0 bridgehead atoms. The standard InChI is InChI=1S/C17H25ClN2O3/c1-16(2)9-14(17(3,4)23-16)20-15(22)19-10-13(21)11-5-7-12(18)8-6-11/h5-8,13-14,21H,9-10H2,1-4H3,(H2,19,20,22). The summed E-state index contributed by atoms with van der Waals surface area (Å²) in [5.41, 5.74) is 0.0280. The van der Waals surface area contributed by atoms with Gasteiger partial charge in [0.2, 0.25) is 0 Å². The van der Waals surface area contributed by atoms with E-state index in [1.807, 2.05) is 27.7 Å². The maximum atomic E-state index is 12.1. The van der Waals surface area contributed by atoms with Crippen molar-refractivity contribution in [3.8, 4) is 0 Å². The summed E-state index contributed by atoms with van der Waals surface area (Å²) in [7, 11) is 0. The van der Waals surface area contributed by atoms with Crippen LogP contribution in [0.3, 0.4) is 0 Å². The highest BCUT2D eigenvalue weighted by molar-refractivity contribution is 6.30. The van der Waals surface area contributed by atoms with Crippen LogP contribution >= 0.6 is 11.6 Å². The molecule has 1 heterocycles. The highest BCUT2D eigenvalue weighted by atomic mass is 35.5. The summed E-state index contributed by atoms with van der Waals surface area (Å²) in [6.07, 6.45) is -0.0324. The first-order valence-electron chi connectivity index (χ1n) is 7.77. The SMILES string of the molecule is CC1(C)CC(NC(=O)NCC(O)c2ccc(Cl)cc2)C(C)(C)O1. The largest absolute Gasteiger partial charge is 0.387 e. The summed E-state index contributed by atoms with van der Waals surface area (Å²) in [5, 5.41) is 16.3. The molecule has 5 nitrogen and oxygen atoms in total. The van der Waals surface area contributed by atoms with E-state index in [9.17, 15) is 9.90 Å². The molecule has 0 radical (unpaired) electrons. The van der Waals surface area contributed by atoms with E-state index in [4.69, 9.17) is 16.3 Å². The Hall–Kier alpha value is -1.30. The van der Waals surface area contributed by atoms with Crippen LogP contribution in [0.15, 0.2) is 24.3 Å². The first-order chi connectivity index (χ1) is 10.6. The number of urea groups is 1. The minimum Gasteiger partial charge on any atom is -0.387 e. The van der Waals surface area contributed by atoms with Crippen LogP contribution in [0, 0.1) is 0 Å². The third kappa shape index (κ3) is 4.83. The Labute approximate surface area is 142 Å². The Balaban J connectivity index is 1.84. The van der Waals surface area contributed by atoms with Crippen molar-refractivity contribution in [1.82, 2.24) is 10.6 Å². The fourth-order valence-corrected chi connectivity index (χ4v) is 3.11. The summed E-state index contributed by atoms with van der Waals surface area (Å²) < 4.78 is 5.95. The topological polar surface area (TPSA) is 70.6 Å². The summed E-state index contributed by atoms with van der Waals surface area (Å²) in [4.78, 5) is 12.1. The van der Waals surface area contributed by atoms with Crippen LogP contribution in [0.2, 0.25) is 5.02 Å². The molecule has 0 aromatic heterocycles. The molecule has 2 unspecified atom stereocenters. The van der Waals surface area contributed by atoms with Gasteiger partial charge in [0.1, 0.15) is 0 Å². The number of aliphatic hydroxyl groups excluding tert-OH is 1. The van der Waals surface area contributed by atoms with Gasteiger partial charge in [-0.1, -0.05) is 23.7 Å². The molecule has 2 atom stereocenters. The highest BCUT2D eigenvalue weighted by Gasteiger charge is 2.46. The van der Waals surface area contributed by atoms with Crippen LogP contribution in [-0.4, -0.2) is 34.9 Å².